The molecular formula is C15H16F6O9S. The van der Waals surface area contributed by atoms with Crippen molar-refractivity contribution in [3.05, 3.63) is 0 Å². The SMILES string of the molecule is CC(=O)OC12CC3CC1C(C(=O)OC(CS(=O)(=O)O)(C(F)(F)F)C(F)(F)F)C3C(O)O2. The van der Waals surface area contributed by atoms with Crippen molar-refractivity contribution in [1.29, 1.82) is 0 Å². The third-order valence-corrected chi connectivity index (χ3v) is 6.65. The van der Waals surface area contributed by atoms with E-state index in [-0.39, 0.29) is 12.8 Å². The fourth-order valence-electron chi connectivity index (χ4n) is 4.88. The zero-order valence-corrected chi connectivity index (χ0v) is 16.3. The third kappa shape index (κ3) is 3.76. The maximum absolute atomic E-state index is 13.4. The summed E-state index contributed by atoms with van der Waals surface area (Å²) in [6.07, 6.45) is -14.9. The van der Waals surface area contributed by atoms with Crippen LogP contribution in [0.3, 0.4) is 0 Å². The molecule has 4 aliphatic rings. The smallest absolute Gasteiger partial charge is 0.438 e. The van der Waals surface area contributed by atoms with Crippen LogP contribution in [0.1, 0.15) is 19.8 Å². The van der Waals surface area contributed by atoms with Gasteiger partial charge in [0.2, 0.25) is 5.79 Å². The quantitative estimate of drug-likeness (QED) is 0.333. The Morgan fingerprint density at radius 2 is 1.71 bits per heavy atom. The van der Waals surface area contributed by atoms with Crippen molar-refractivity contribution < 1.29 is 68.2 Å². The van der Waals surface area contributed by atoms with Crippen molar-refractivity contribution in [2.45, 2.75) is 49.8 Å². The highest BCUT2D eigenvalue weighted by Crippen LogP contribution is 2.65. The lowest BCUT2D eigenvalue weighted by Crippen LogP contribution is -2.66. The number of carbonyl (C=O) groups is 2. The van der Waals surface area contributed by atoms with E-state index in [0.717, 1.165) is 6.92 Å². The van der Waals surface area contributed by atoms with Gasteiger partial charge in [-0.05, 0) is 12.3 Å². The molecule has 4 rings (SSSR count). The lowest BCUT2D eigenvalue weighted by atomic mass is 9.72. The van der Waals surface area contributed by atoms with Crippen LogP contribution in [0.15, 0.2) is 0 Å². The summed E-state index contributed by atoms with van der Waals surface area (Å²) in [5.41, 5.74) is -5.56. The minimum absolute atomic E-state index is 0.0297. The van der Waals surface area contributed by atoms with Crippen molar-refractivity contribution >= 4 is 22.1 Å². The van der Waals surface area contributed by atoms with Gasteiger partial charge in [0.25, 0.3) is 10.1 Å². The molecule has 2 N–H and O–H groups in total. The number of carbonyl (C=O) groups excluding carboxylic acids is 2. The predicted molar refractivity (Wildman–Crippen MR) is 82.1 cm³/mol. The summed E-state index contributed by atoms with van der Waals surface area (Å²) in [5, 5.41) is 10.1. The molecule has 2 aliphatic heterocycles. The number of fused-ring (bicyclic) bond motifs is 1. The van der Waals surface area contributed by atoms with Gasteiger partial charge in [-0.15, -0.1) is 0 Å². The molecule has 31 heavy (non-hydrogen) atoms. The second-order valence-electron chi connectivity index (χ2n) is 7.79. The molecule has 0 radical (unpaired) electrons. The van der Waals surface area contributed by atoms with Crippen LogP contribution in [0.2, 0.25) is 0 Å². The van der Waals surface area contributed by atoms with E-state index in [1.807, 2.05) is 0 Å². The van der Waals surface area contributed by atoms with E-state index in [1.165, 1.54) is 0 Å². The van der Waals surface area contributed by atoms with Gasteiger partial charge in [-0.25, -0.2) is 0 Å². The van der Waals surface area contributed by atoms with Crippen molar-refractivity contribution in [3.63, 3.8) is 0 Å². The van der Waals surface area contributed by atoms with Gasteiger partial charge in [-0.2, -0.15) is 34.8 Å². The molecule has 0 spiro atoms. The molecule has 6 atom stereocenters. The summed E-state index contributed by atoms with van der Waals surface area (Å²) >= 11 is 0. The lowest BCUT2D eigenvalue weighted by Gasteiger charge is -2.50. The molecule has 178 valence electrons. The van der Waals surface area contributed by atoms with Crippen LogP contribution in [0.5, 0.6) is 0 Å². The van der Waals surface area contributed by atoms with Crippen LogP contribution in [0, 0.1) is 23.7 Å². The van der Waals surface area contributed by atoms with Gasteiger partial charge < -0.3 is 19.3 Å². The monoisotopic (exact) mass is 486 g/mol. The Labute approximate surface area is 170 Å². The van der Waals surface area contributed by atoms with Gasteiger partial charge in [-0.1, -0.05) is 0 Å². The molecule has 6 unspecified atom stereocenters. The van der Waals surface area contributed by atoms with Gasteiger partial charge in [0, 0.05) is 25.2 Å². The Bertz CT molecular complexity index is 870. The number of alkyl halides is 6. The molecule has 0 aromatic rings. The number of esters is 2. The minimum atomic E-state index is -6.48. The molecule has 2 heterocycles. The Morgan fingerprint density at radius 1 is 1.16 bits per heavy atom. The van der Waals surface area contributed by atoms with Crippen LogP contribution < -0.4 is 0 Å². The number of hydrogen-bond donors (Lipinski definition) is 2. The van der Waals surface area contributed by atoms with Gasteiger partial charge >= 0.3 is 29.9 Å². The van der Waals surface area contributed by atoms with Crippen LogP contribution in [0.4, 0.5) is 26.3 Å². The van der Waals surface area contributed by atoms with E-state index in [4.69, 9.17) is 14.0 Å². The highest BCUT2D eigenvalue weighted by Gasteiger charge is 2.78. The highest BCUT2D eigenvalue weighted by atomic mass is 32.2. The number of aliphatic hydroxyl groups excluding tert-OH is 1. The van der Waals surface area contributed by atoms with E-state index in [9.17, 15) is 49.5 Å². The van der Waals surface area contributed by atoms with E-state index < -0.39 is 81.5 Å². The lowest BCUT2D eigenvalue weighted by molar-refractivity contribution is -0.378. The summed E-state index contributed by atoms with van der Waals surface area (Å²) in [7, 11) is -5.94. The van der Waals surface area contributed by atoms with Crippen molar-refractivity contribution in [2.24, 2.45) is 23.7 Å². The molecule has 0 amide bonds. The first-order valence-corrected chi connectivity index (χ1v) is 10.3. The Balaban J connectivity index is 2.01. The number of ether oxygens (including phenoxy) is 3. The highest BCUT2D eigenvalue weighted by molar-refractivity contribution is 7.85. The van der Waals surface area contributed by atoms with Crippen LogP contribution >= 0.6 is 0 Å². The zero-order chi connectivity index (χ0) is 23.8. The second-order valence-corrected chi connectivity index (χ2v) is 9.25. The maximum atomic E-state index is 13.4. The van der Waals surface area contributed by atoms with E-state index >= 15 is 0 Å². The molecule has 16 heteroatoms. The Hall–Kier alpha value is -1.65. The Morgan fingerprint density at radius 3 is 2.16 bits per heavy atom. The van der Waals surface area contributed by atoms with Crippen LogP contribution in [-0.4, -0.2) is 65.8 Å². The molecule has 9 nitrogen and oxygen atoms in total. The Kier molecular flexibility index (Phi) is 5.36. The number of hydrogen-bond acceptors (Lipinski definition) is 8. The molecule has 2 saturated heterocycles. The summed E-state index contributed by atoms with van der Waals surface area (Å²) in [5.74, 6) is -13.0. The largest absolute Gasteiger partial charge is 0.438 e. The minimum Gasteiger partial charge on any atom is -0.438 e. The second kappa shape index (κ2) is 6.92. The third-order valence-electron chi connectivity index (χ3n) is 5.88. The fraction of sp³-hybridized carbons (Fsp3) is 0.867. The molecular weight excluding hydrogens is 470 g/mol. The molecule has 0 aromatic heterocycles. The number of rotatable bonds is 5. The van der Waals surface area contributed by atoms with Gasteiger partial charge in [0.1, 0.15) is 5.75 Å². The number of aliphatic hydroxyl groups is 1. The average Bonchev–Trinajstić information content (AvgIpc) is 3.02. The normalized spacial score (nSPS) is 35.3. The van der Waals surface area contributed by atoms with E-state index in [1.54, 1.807) is 0 Å². The molecule has 0 aromatic carbocycles. The van der Waals surface area contributed by atoms with Gasteiger partial charge in [0.05, 0.1) is 5.92 Å². The number of halogens is 6. The summed E-state index contributed by atoms with van der Waals surface area (Å²) in [6, 6.07) is 0. The molecule has 4 fully saturated rings. The summed E-state index contributed by atoms with van der Waals surface area (Å²) < 4.78 is 125. The van der Waals surface area contributed by atoms with Gasteiger partial charge in [-0.3, -0.25) is 14.1 Å². The average molecular weight is 486 g/mol. The van der Waals surface area contributed by atoms with Crippen molar-refractivity contribution in [1.82, 2.24) is 0 Å². The van der Waals surface area contributed by atoms with E-state index in [2.05, 4.69) is 4.74 Å². The first-order valence-electron chi connectivity index (χ1n) is 8.70. The predicted octanol–water partition coefficient (Wildman–Crippen LogP) is 1.16. The zero-order valence-electron chi connectivity index (χ0n) is 15.4. The van der Waals surface area contributed by atoms with E-state index in [0.29, 0.717) is 0 Å². The maximum Gasteiger partial charge on any atom is 0.438 e. The molecule has 2 saturated carbocycles. The fourth-order valence-corrected chi connectivity index (χ4v) is 5.78. The first kappa shape index (κ1) is 24.0. The molecule has 4 bridgehead atoms. The standard InChI is InChI=1S/C15H16F6O9S/c1-5(22)28-12-3-6-2-7(12)9(8(6)10(23)29-12)11(24)30-13(14(16,17)18,15(19,20)21)4-31(25,26)27/h6-10,23H,2-4H2,1H3,(H,25,26,27). The van der Waals surface area contributed by atoms with Crippen molar-refractivity contribution in [2.75, 3.05) is 5.75 Å². The van der Waals surface area contributed by atoms with Crippen LogP contribution in [0.25, 0.3) is 0 Å². The van der Waals surface area contributed by atoms with Crippen molar-refractivity contribution in [3.8, 4) is 0 Å². The topological polar surface area (TPSA) is 136 Å². The summed E-state index contributed by atoms with van der Waals surface area (Å²) in [4.78, 5) is 24.0. The van der Waals surface area contributed by atoms with Crippen LogP contribution in [-0.2, 0) is 33.9 Å². The van der Waals surface area contributed by atoms with Gasteiger partial charge in [0.15, 0.2) is 6.29 Å². The summed E-state index contributed by atoms with van der Waals surface area (Å²) in [6.45, 7) is 0.945. The molecule has 2 aliphatic carbocycles. The first-order chi connectivity index (χ1) is 13.8.